The molecular weight excluding hydrogens is 453 g/mol. The van der Waals surface area contributed by atoms with E-state index in [4.69, 9.17) is 10.5 Å². The van der Waals surface area contributed by atoms with E-state index in [1.165, 1.54) is 12.1 Å². The van der Waals surface area contributed by atoms with Crippen molar-refractivity contribution in [3.8, 4) is 0 Å². The molecule has 0 aliphatic carbocycles. The van der Waals surface area contributed by atoms with Crippen LogP contribution in [-0.2, 0) is 14.4 Å². The van der Waals surface area contributed by atoms with Gasteiger partial charge in [-0.3, -0.25) is 9.79 Å². The van der Waals surface area contributed by atoms with Gasteiger partial charge in [0.1, 0.15) is 34.3 Å². The Morgan fingerprint density at radius 1 is 1.27 bits per heavy atom. The number of hydrazone groups is 1. The summed E-state index contributed by atoms with van der Waals surface area (Å²) in [5.74, 6) is -1.53. The molecule has 0 fully saturated rings. The van der Waals surface area contributed by atoms with Crippen molar-refractivity contribution in [3.05, 3.63) is 71.3 Å². The van der Waals surface area contributed by atoms with Crippen molar-refractivity contribution in [2.45, 2.75) is 30.7 Å². The number of ether oxygens (including phenoxy) is 1. The Morgan fingerprint density at radius 3 is 2.67 bits per heavy atom. The fourth-order valence-electron chi connectivity index (χ4n) is 3.41. The van der Waals surface area contributed by atoms with Gasteiger partial charge in [-0.15, -0.1) is 0 Å². The second kappa shape index (κ2) is 10.8. The number of carbonyl (C=O) groups is 1. The minimum absolute atomic E-state index is 0.0558. The number of nitrogens with zero attached hydrogens (tertiary/aromatic N) is 3. The Morgan fingerprint density at radius 2 is 2.00 bits per heavy atom. The van der Waals surface area contributed by atoms with E-state index in [9.17, 15) is 18.0 Å². The molecule has 0 aromatic heterocycles. The predicted molar refractivity (Wildman–Crippen MR) is 124 cm³/mol. The average Bonchev–Trinajstić information content (AvgIpc) is 3.23. The maximum absolute atomic E-state index is 14.6. The van der Waals surface area contributed by atoms with Gasteiger partial charge < -0.3 is 10.5 Å². The Balaban J connectivity index is 2.12. The molecule has 2 aromatic carbocycles. The highest BCUT2D eigenvalue weighted by Crippen LogP contribution is 2.51. The van der Waals surface area contributed by atoms with Crippen LogP contribution in [0.3, 0.4) is 0 Å². The molecule has 0 saturated heterocycles. The number of nitrogens with two attached hydrogens (primary N) is 1. The monoisotopic (exact) mass is 478 g/mol. The van der Waals surface area contributed by atoms with Crippen molar-refractivity contribution in [2.75, 3.05) is 20.3 Å². The van der Waals surface area contributed by atoms with Crippen LogP contribution >= 0.6 is 11.8 Å². The van der Waals surface area contributed by atoms with Gasteiger partial charge >= 0.3 is 0 Å². The molecule has 0 saturated carbocycles. The zero-order chi connectivity index (χ0) is 24.0. The zero-order valence-corrected chi connectivity index (χ0v) is 19.1. The number of amidine groups is 1. The number of halogens is 3. The number of alkyl halides is 1. The van der Waals surface area contributed by atoms with Gasteiger partial charge in [0.15, 0.2) is 0 Å². The molecule has 2 N–H and O–H groups in total. The van der Waals surface area contributed by atoms with E-state index in [0.717, 1.165) is 30.0 Å². The molecule has 2 aromatic rings. The molecule has 176 valence electrons. The summed E-state index contributed by atoms with van der Waals surface area (Å²) in [6, 6.07) is 12.2. The highest BCUT2D eigenvalue weighted by molar-refractivity contribution is 8.15. The number of benzene rings is 2. The number of aliphatic imine (C=N–C) groups is 1. The second-order valence-electron chi connectivity index (χ2n) is 7.37. The van der Waals surface area contributed by atoms with E-state index in [-0.39, 0.29) is 35.8 Å². The molecule has 2 atom stereocenters. The maximum atomic E-state index is 14.6. The van der Waals surface area contributed by atoms with Crippen LogP contribution in [0.25, 0.3) is 0 Å². The highest BCUT2D eigenvalue weighted by Gasteiger charge is 2.49. The SMILES string of the molecule is CO[C@@H](C)C(=O)N1N=C(c2cc(F)ccc2F)SC1(CCC(N)=NCCF)c1ccccc1. The molecule has 3 rings (SSSR count). The van der Waals surface area contributed by atoms with Gasteiger partial charge in [0.2, 0.25) is 0 Å². The van der Waals surface area contributed by atoms with Crippen molar-refractivity contribution in [1.82, 2.24) is 5.01 Å². The van der Waals surface area contributed by atoms with Gasteiger partial charge in [0.05, 0.1) is 12.4 Å². The van der Waals surface area contributed by atoms with Crippen LogP contribution in [0.15, 0.2) is 58.6 Å². The number of hydrogen-bond acceptors (Lipinski definition) is 5. The first-order valence-electron chi connectivity index (χ1n) is 10.3. The smallest absolute Gasteiger partial charge is 0.273 e. The lowest BCUT2D eigenvalue weighted by Crippen LogP contribution is -2.46. The first kappa shape index (κ1) is 24.8. The molecule has 1 aliphatic heterocycles. The summed E-state index contributed by atoms with van der Waals surface area (Å²) < 4.78 is 46.3. The zero-order valence-electron chi connectivity index (χ0n) is 18.3. The topological polar surface area (TPSA) is 80.3 Å². The van der Waals surface area contributed by atoms with Crippen molar-refractivity contribution in [2.24, 2.45) is 15.8 Å². The van der Waals surface area contributed by atoms with Crippen LogP contribution < -0.4 is 5.73 Å². The fourth-order valence-corrected chi connectivity index (χ4v) is 4.79. The van der Waals surface area contributed by atoms with Gasteiger partial charge in [-0.1, -0.05) is 42.1 Å². The maximum Gasteiger partial charge on any atom is 0.273 e. The number of amides is 1. The molecule has 1 aliphatic rings. The third-order valence-corrected chi connectivity index (χ3v) is 6.66. The summed E-state index contributed by atoms with van der Waals surface area (Å²) in [6.07, 6.45) is -0.372. The summed E-state index contributed by atoms with van der Waals surface area (Å²) in [5.41, 5.74) is 6.62. The molecule has 0 spiro atoms. The Labute approximate surface area is 194 Å². The minimum Gasteiger partial charge on any atom is -0.387 e. The van der Waals surface area contributed by atoms with Crippen molar-refractivity contribution in [3.63, 3.8) is 0 Å². The van der Waals surface area contributed by atoms with Gasteiger partial charge in [-0.05, 0) is 37.1 Å². The van der Waals surface area contributed by atoms with Crippen molar-refractivity contribution >= 4 is 28.5 Å². The lowest BCUT2D eigenvalue weighted by molar-refractivity contribution is -0.144. The Kier molecular flexibility index (Phi) is 8.15. The van der Waals surface area contributed by atoms with Crippen molar-refractivity contribution < 1.29 is 22.7 Å². The Bertz CT molecular complexity index is 1050. The van der Waals surface area contributed by atoms with Crippen LogP contribution in [0.2, 0.25) is 0 Å². The van der Waals surface area contributed by atoms with E-state index < -0.39 is 35.2 Å². The van der Waals surface area contributed by atoms with Gasteiger partial charge in [-0.25, -0.2) is 18.2 Å². The van der Waals surface area contributed by atoms with Crippen LogP contribution in [0.1, 0.15) is 30.9 Å². The van der Waals surface area contributed by atoms with Crippen LogP contribution in [0.4, 0.5) is 13.2 Å². The van der Waals surface area contributed by atoms with Crippen LogP contribution in [0, 0.1) is 11.6 Å². The molecule has 1 unspecified atom stereocenters. The summed E-state index contributed by atoms with van der Waals surface area (Å²) >= 11 is 1.13. The lowest BCUT2D eigenvalue weighted by Gasteiger charge is -2.36. The fraction of sp³-hybridized carbons (Fsp3) is 0.348. The summed E-state index contributed by atoms with van der Waals surface area (Å²) in [4.78, 5) is 16.2. The molecule has 0 bridgehead atoms. The molecular formula is C23H25F3N4O2S. The van der Waals surface area contributed by atoms with E-state index in [1.807, 2.05) is 18.2 Å². The number of thioether (sulfide) groups is 1. The van der Waals surface area contributed by atoms with Crippen LogP contribution in [-0.4, -0.2) is 48.2 Å². The highest BCUT2D eigenvalue weighted by atomic mass is 32.2. The molecule has 1 amide bonds. The molecule has 33 heavy (non-hydrogen) atoms. The summed E-state index contributed by atoms with van der Waals surface area (Å²) in [7, 11) is 1.40. The minimum atomic E-state index is -1.13. The van der Waals surface area contributed by atoms with Crippen molar-refractivity contribution in [1.29, 1.82) is 0 Å². The first-order chi connectivity index (χ1) is 15.8. The number of methoxy groups -OCH3 is 1. The van der Waals surface area contributed by atoms with E-state index in [1.54, 1.807) is 19.1 Å². The average molecular weight is 479 g/mol. The third-order valence-electron chi connectivity index (χ3n) is 5.21. The normalized spacial score (nSPS) is 19.5. The standard InChI is InChI=1S/C23H25F3N4O2S/c1-15(32-2)22(31)30-23(16-6-4-3-5-7-16,11-10-20(27)28-13-12-24)33-21(29-30)18-14-17(25)8-9-19(18)26/h3-9,14-15H,10-13H2,1-2H3,(H2,27,28)/t15-,23?/m0/s1. The summed E-state index contributed by atoms with van der Waals surface area (Å²) in [5, 5.41) is 5.83. The van der Waals surface area contributed by atoms with E-state index in [2.05, 4.69) is 10.1 Å². The number of carbonyl (C=O) groups excluding carboxylic acids is 1. The van der Waals surface area contributed by atoms with Crippen LogP contribution in [0.5, 0.6) is 0 Å². The molecule has 0 radical (unpaired) electrons. The quantitative estimate of drug-likeness (QED) is 0.433. The lowest BCUT2D eigenvalue weighted by atomic mass is 9.99. The number of hydrogen-bond donors (Lipinski definition) is 1. The van der Waals surface area contributed by atoms with E-state index >= 15 is 0 Å². The van der Waals surface area contributed by atoms with Gasteiger partial charge in [0, 0.05) is 19.1 Å². The largest absolute Gasteiger partial charge is 0.387 e. The summed E-state index contributed by atoms with van der Waals surface area (Å²) in [6.45, 7) is 0.883. The van der Waals surface area contributed by atoms with Gasteiger partial charge in [0.25, 0.3) is 5.91 Å². The molecule has 6 nitrogen and oxygen atoms in total. The third kappa shape index (κ3) is 5.39. The van der Waals surface area contributed by atoms with E-state index in [0.29, 0.717) is 5.56 Å². The van der Waals surface area contributed by atoms with Gasteiger partial charge in [-0.2, -0.15) is 5.10 Å². The second-order valence-corrected chi connectivity index (χ2v) is 8.64. The number of rotatable bonds is 9. The molecule has 1 heterocycles. The predicted octanol–water partition coefficient (Wildman–Crippen LogP) is 4.20. The molecule has 10 heteroatoms. The first-order valence-corrected chi connectivity index (χ1v) is 11.1. The Hall–Kier alpha value is -2.85.